The van der Waals surface area contributed by atoms with E-state index < -0.39 is 17.4 Å². The predicted molar refractivity (Wildman–Crippen MR) is 151 cm³/mol. The lowest BCUT2D eigenvalue weighted by atomic mass is 9.46. The summed E-state index contributed by atoms with van der Waals surface area (Å²) >= 11 is 0. The summed E-state index contributed by atoms with van der Waals surface area (Å²) in [6, 6.07) is 0. The minimum absolute atomic E-state index is 0.0693. The molecular weight excluding hydrogens is 460 g/mol. The van der Waals surface area contributed by atoms with Crippen LogP contribution in [0.2, 0.25) is 0 Å². The van der Waals surface area contributed by atoms with Gasteiger partial charge in [0.05, 0.1) is 0 Å². The van der Waals surface area contributed by atoms with Crippen molar-refractivity contribution in [3.8, 4) is 0 Å². The van der Waals surface area contributed by atoms with E-state index >= 15 is 0 Å². The van der Waals surface area contributed by atoms with Crippen molar-refractivity contribution in [2.75, 3.05) is 6.54 Å². The van der Waals surface area contributed by atoms with E-state index in [4.69, 9.17) is 5.73 Å². The van der Waals surface area contributed by atoms with Crippen LogP contribution in [0.15, 0.2) is 11.6 Å². The van der Waals surface area contributed by atoms with Gasteiger partial charge in [-0.15, -0.1) is 0 Å². The molecule has 4 aliphatic carbocycles. The van der Waals surface area contributed by atoms with Crippen LogP contribution in [-0.4, -0.2) is 39.0 Å². The van der Waals surface area contributed by atoms with E-state index in [-0.39, 0.29) is 12.0 Å². The number of nitrogens with two attached hydrogens (primary N) is 1. The van der Waals surface area contributed by atoms with Gasteiger partial charge >= 0.3 is 6.09 Å². The van der Waals surface area contributed by atoms with Gasteiger partial charge in [0.2, 0.25) is 0 Å². The maximum absolute atomic E-state index is 12.2. The first kappa shape index (κ1) is 28.9. The van der Waals surface area contributed by atoms with Crippen molar-refractivity contribution in [2.45, 2.75) is 130 Å². The van der Waals surface area contributed by atoms with Crippen LogP contribution in [0.3, 0.4) is 0 Å². The lowest BCUT2D eigenvalue weighted by molar-refractivity contribution is -0.136. The first-order valence-corrected chi connectivity index (χ1v) is 15.3. The van der Waals surface area contributed by atoms with E-state index in [1.54, 1.807) is 0 Å². The number of hydrogen-bond acceptors (Lipinski definition) is 3. The van der Waals surface area contributed by atoms with E-state index in [9.17, 15) is 15.0 Å². The molecular formula is C32H56N2O3. The number of fused-ring (bicyclic) bond motifs is 5. The van der Waals surface area contributed by atoms with Gasteiger partial charge in [-0.25, -0.2) is 4.79 Å². The molecule has 5 heteroatoms. The van der Waals surface area contributed by atoms with Crippen molar-refractivity contribution in [2.24, 2.45) is 52.1 Å². The van der Waals surface area contributed by atoms with E-state index in [1.807, 2.05) is 13.8 Å². The summed E-state index contributed by atoms with van der Waals surface area (Å²) in [5, 5.41) is 21.6. The number of allylic oxidation sites excluding steroid dienone is 1. The topological polar surface area (TPSA) is 86.8 Å². The summed E-state index contributed by atoms with van der Waals surface area (Å²) in [7, 11) is 0. The van der Waals surface area contributed by atoms with E-state index in [1.165, 1.54) is 55.4 Å². The van der Waals surface area contributed by atoms with E-state index in [0.29, 0.717) is 24.2 Å². The van der Waals surface area contributed by atoms with Gasteiger partial charge in [-0.05, 0) is 105 Å². The molecule has 3 saturated carbocycles. The zero-order valence-electron chi connectivity index (χ0n) is 24.9. The molecule has 4 N–H and O–H groups in total. The fraction of sp³-hybridized carbons (Fsp3) is 0.906. The van der Waals surface area contributed by atoms with Crippen molar-refractivity contribution in [3.63, 3.8) is 0 Å². The van der Waals surface area contributed by atoms with Crippen LogP contribution >= 0.6 is 0 Å². The van der Waals surface area contributed by atoms with Gasteiger partial charge in [0.25, 0.3) is 0 Å². The minimum atomic E-state index is -1.37. The lowest BCUT2D eigenvalue weighted by Gasteiger charge is -2.60. The highest BCUT2D eigenvalue weighted by Gasteiger charge is 2.60. The average molecular weight is 517 g/mol. The molecule has 0 saturated heterocycles. The molecule has 0 bridgehead atoms. The maximum atomic E-state index is 12.2. The Morgan fingerprint density at radius 2 is 1.81 bits per heavy atom. The second-order valence-corrected chi connectivity index (χ2v) is 15.3. The molecule has 4 rings (SSSR count). The average Bonchev–Trinajstić information content (AvgIpc) is 3.14. The molecule has 0 heterocycles. The van der Waals surface area contributed by atoms with Gasteiger partial charge < -0.3 is 15.9 Å². The standard InChI is InChI=1S/C32H56N2O3/c1-21(2)9-8-10-22(3)25-13-14-26-24-12-11-23-19-32(37,34(28(35)36)20-29(4,5)33)18-17-30(23,6)27(24)15-16-31(25,26)7/h11,21-22,24-27,37H,8-10,12-20,33H2,1-7H3,(H,35,36)/t22-,24+,25-,26+,27+,30+,31-,32-/m1/s1. The highest BCUT2D eigenvalue weighted by molar-refractivity contribution is 5.66. The number of hydrogen-bond donors (Lipinski definition) is 3. The van der Waals surface area contributed by atoms with Crippen LogP contribution in [0.5, 0.6) is 0 Å². The smallest absolute Gasteiger partial charge is 0.409 e. The summed E-state index contributed by atoms with van der Waals surface area (Å²) in [5.74, 6) is 4.64. The number of carboxylic acid groups (broad SMARTS) is 1. The first-order valence-electron chi connectivity index (χ1n) is 15.3. The number of carbonyl (C=O) groups is 1. The second-order valence-electron chi connectivity index (χ2n) is 15.3. The molecule has 37 heavy (non-hydrogen) atoms. The fourth-order valence-corrected chi connectivity index (χ4v) is 9.69. The molecule has 0 aromatic heterocycles. The van der Waals surface area contributed by atoms with Crippen molar-refractivity contribution in [3.05, 3.63) is 11.6 Å². The van der Waals surface area contributed by atoms with Crippen LogP contribution < -0.4 is 5.73 Å². The van der Waals surface area contributed by atoms with Gasteiger partial charge in [-0.1, -0.05) is 65.5 Å². The van der Waals surface area contributed by atoms with Crippen molar-refractivity contribution in [1.82, 2.24) is 4.90 Å². The SMILES string of the molecule is CC(C)CCC[C@@H](C)[C@H]1CC[C@H]2[C@@H]3CC=C4C[C@@](O)(N(CC(C)(C)N)C(=O)O)CC[C@]4(C)[C@H]3CC[C@]12C. The second kappa shape index (κ2) is 10.2. The largest absolute Gasteiger partial charge is 0.465 e. The van der Waals surface area contributed by atoms with Gasteiger partial charge in [0.1, 0.15) is 5.72 Å². The molecule has 5 nitrogen and oxygen atoms in total. The summed E-state index contributed by atoms with van der Waals surface area (Å²) in [5.41, 5.74) is 5.95. The molecule has 1 amide bonds. The number of amides is 1. The Bertz CT molecular complexity index is 878. The molecule has 212 valence electrons. The lowest BCUT2D eigenvalue weighted by Crippen LogP contribution is -2.61. The Morgan fingerprint density at radius 3 is 2.43 bits per heavy atom. The van der Waals surface area contributed by atoms with E-state index in [0.717, 1.165) is 42.4 Å². The van der Waals surface area contributed by atoms with Crippen molar-refractivity contribution < 1.29 is 15.0 Å². The molecule has 0 aromatic rings. The Balaban J connectivity index is 1.51. The monoisotopic (exact) mass is 516 g/mol. The first-order chi connectivity index (χ1) is 17.1. The Kier molecular flexibility index (Phi) is 7.94. The fourth-order valence-electron chi connectivity index (χ4n) is 9.69. The van der Waals surface area contributed by atoms with E-state index in [2.05, 4.69) is 40.7 Å². The highest BCUT2D eigenvalue weighted by Crippen LogP contribution is 2.68. The third kappa shape index (κ3) is 5.38. The third-order valence-corrected chi connectivity index (χ3v) is 11.6. The number of nitrogens with zero attached hydrogens (tertiary/aromatic N) is 1. The Labute approximate surface area is 226 Å². The zero-order valence-corrected chi connectivity index (χ0v) is 24.9. The molecule has 0 aromatic carbocycles. The predicted octanol–water partition coefficient (Wildman–Crippen LogP) is 7.43. The van der Waals surface area contributed by atoms with Crippen LogP contribution in [0, 0.1) is 46.3 Å². The number of aliphatic hydroxyl groups is 1. The zero-order chi connectivity index (χ0) is 27.4. The maximum Gasteiger partial charge on any atom is 0.409 e. The molecule has 4 aliphatic rings. The third-order valence-electron chi connectivity index (χ3n) is 11.6. The minimum Gasteiger partial charge on any atom is -0.465 e. The summed E-state index contributed by atoms with van der Waals surface area (Å²) in [4.78, 5) is 13.4. The van der Waals surface area contributed by atoms with Crippen LogP contribution in [0.4, 0.5) is 4.79 Å². The van der Waals surface area contributed by atoms with Crippen LogP contribution in [0.25, 0.3) is 0 Å². The molecule has 0 radical (unpaired) electrons. The summed E-state index contributed by atoms with van der Waals surface area (Å²) in [6.45, 7) is 16.0. The Hall–Kier alpha value is -1.07. The van der Waals surface area contributed by atoms with Gasteiger partial charge in [-0.2, -0.15) is 0 Å². The molecule has 8 atom stereocenters. The number of rotatable bonds is 8. The summed E-state index contributed by atoms with van der Waals surface area (Å²) in [6.07, 6.45) is 13.7. The van der Waals surface area contributed by atoms with Gasteiger partial charge in [0, 0.05) is 18.5 Å². The van der Waals surface area contributed by atoms with Crippen LogP contribution in [0.1, 0.15) is 119 Å². The quantitative estimate of drug-likeness (QED) is 0.231. The molecule has 3 fully saturated rings. The van der Waals surface area contributed by atoms with Gasteiger partial charge in [0.15, 0.2) is 0 Å². The normalized spacial score (nSPS) is 40.4. The highest BCUT2D eigenvalue weighted by atomic mass is 16.4. The Morgan fingerprint density at radius 1 is 1.11 bits per heavy atom. The van der Waals surface area contributed by atoms with Gasteiger partial charge in [-0.3, -0.25) is 4.90 Å². The summed E-state index contributed by atoms with van der Waals surface area (Å²) < 4.78 is 0. The molecule has 0 unspecified atom stereocenters. The molecule has 0 spiro atoms. The van der Waals surface area contributed by atoms with Crippen molar-refractivity contribution >= 4 is 6.09 Å². The van der Waals surface area contributed by atoms with Crippen molar-refractivity contribution in [1.29, 1.82) is 0 Å². The van der Waals surface area contributed by atoms with Crippen LogP contribution in [-0.2, 0) is 0 Å². The molecule has 0 aliphatic heterocycles.